The third-order valence-corrected chi connectivity index (χ3v) is 2.91. The van der Waals surface area contributed by atoms with Crippen molar-refractivity contribution in [3.8, 4) is 11.5 Å². The van der Waals surface area contributed by atoms with E-state index in [1.54, 1.807) is 7.11 Å². The number of hydrogen-bond donors (Lipinski definition) is 0. The largest absolute Gasteiger partial charge is 0.493 e. The molecule has 0 bridgehead atoms. The highest BCUT2D eigenvalue weighted by atomic mass is 16.7. The maximum absolute atomic E-state index is 8.16. The number of benzene rings is 1. The highest BCUT2D eigenvalue weighted by molar-refractivity contribution is 5.45. The zero-order valence-corrected chi connectivity index (χ0v) is 12.3. The maximum atomic E-state index is 8.16. The standard InChI is InChI=1S/C14H21N3O3/c1-11-8-13(19-7-5-4-6-16-17-15)9-14(12(11)2)20-10-18-3/h8-9H,4-7,10H2,1-3H3. The van der Waals surface area contributed by atoms with Crippen LogP contribution in [0.1, 0.15) is 24.0 Å². The summed E-state index contributed by atoms with van der Waals surface area (Å²) in [6.45, 7) is 5.34. The molecule has 0 aliphatic carbocycles. The van der Waals surface area contributed by atoms with Gasteiger partial charge < -0.3 is 14.2 Å². The molecule has 0 spiro atoms. The molecule has 1 aromatic carbocycles. The van der Waals surface area contributed by atoms with Crippen LogP contribution in [0.2, 0.25) is 0 Å². The first-order valence-electron chi connectivity index (χ1n) is 6.55. The molecule has 0 amide bonds. The Balaban J connectivity index is 2.52. The third kappa shape index (κ3) is 5.38. The molecule has 0 saturated carbocycles. The van der Waals surface area contributed by atoms with Gasteiger partial charge in [0.05, 0.1) is 6.61 Å². The lowest BCUT2D eigenvalue weighted by atomic mass is 10.1. The van der Waals surface area contributed by atoms with Gasteiger partial charge in [-0.05, 0) is 49.4 Å². The molecule has 0 N–H and O–H groups in total. The van der Waals surface area contributed by atoms with E-state index in [-0.39, 0.29) is 6.79 Å². The number of azide groups is 1. The van der Waals surface area contributed by atoms with Crippen molar-refractivity contribution in [1.29, 1.82) is 0 Å². The summed E-state index contributed by atoms with van der Waals surface area (Å²) < 4.78 is 16.1. The molecule has 0 fully saturated rings. The number of rotatable bonds is 9. The second-order valence-electron chi connectivity index (χ2n) is 4.42. The number of nitrogens with zero attached hydrogens (tertiary/aromatic N) is 3. The molecule has 0 unspecified atom stereocenters. The lowest BCUT2D eigenvalue weighted by molar-refractivity contribution is 0.0504. The van der Waals surface area contributed by atoms with Crippen molar-refractivity contribution in [1.82, 2.24) is 0 Å². The molecule has 6 nitrogen and oxygen atoms in total. The van der Waals surface area contributed by atoms with Crippen molar-refractivity contribution in [2.75, 3.05) is 27.1 Å². The predicted octanol–water partition coefficient (Wildman–Crippen LogP) is 3.76. The Bertz CT molecular complexity index is 471. The average molecular weight is 279 g/mol. The first-order chi connectivity index (χ1) is 9.69. The van der Waals surface area contributed by atoms with Gasteiger partial charge in [0.15, 0.2) is 6.79 Å². The van der Waals surface area contributed by atoms with Gasteiger partial charge in [-0.3, -0.25) is 0 Å². The van der Waals surface area contributed by atoms with Gasteiger partial charge in [-0.1, -0.05) is 5.11 Å². The summed E-state index contributed by atoms with van der Waals surface area (Å²) in [4.78, 5) is 2.71. The summed E-state index contributed by atoms with van der Waals surface area (Å²) in [5, 5.41) is 3.48. The van der Waals surface area contributed by atoms with Crippen molar-refractivity contribution in [2.24, 2.45) is 5.11 Å². The van der Waals surface area contributed by atoms with Crippen LogP contribution in [0, 0.1) is 13.8 Å². The molecule has 0 radical (unpaired) electrons. The van der Waals surface area contributed by atoms with Crippen LogP contribution < -0.4 is 9.47 Å². The number of unbranched alkanes of at least 4 members (excludes halogenated alkanes) is 1. The van der Waals surface area contributed by atoms with E-state index in [9.17, 15) is 0 Å². The summed E-state index contributed by atoms with van der Waals surface area (Å²) in [5.41, 5.74) is 10.4. The molecule has 20 heavy (non-hydrogen) atoms. The van der Waals surface area contributed by atoms with E-state index in [1.165, 1.54) is 0 Å². The summed E-state index contributed by atoms with van der Waals surface area (Å²) in [6, 6.07) is 3.86. The molecule has 0 atom stereocenters. The number of aryl methyl sites for hydroxylation is 1. The van der Waals surface area contributed by atoms with Crippen LogP contribution in [0.4, 0.5) is 0 Å². The van der Waals surface area contributed by atoms with Gasteiger partial charge in [0.25, 0.3) is 0 Å². The molecule has 110 valence electrons. The van der Waals surface area contributed by atoms with Crippen LogP contribution in [0.3, 0.4) is 0 Å². The van der Waals surface area contributed by atoms with Gasteiger partial charge in [0, 0.05) is 24.6 Å². The monoisotopic (exact) mass is 279 g/mol. The zero-order chi connectivity index (χ0) is 14.8. The van der Waals surface area contributed by atoms with E-state index < -0.39 is 0 Å². The minimum atomic E-state index is 0.218. The van der Waals surface area contributed by atoms with Crippen LogP contribution in [0.15, 0.2) is 17.2 Å². The summed E-state index contributed by atoms with van der Waals surface area (Å²) in [7, 11) is 1.59. The summed E-state index contributed by atoms with van der Waals surface area (Å²) in [6.07, 6.45) is 1.67. The highest BCUT2D eigenvalue weighted by Gasteiger charge is 2.06. The Morgan fingerprint density at radius 3 is 2.70 bits per heavy atom. The number of ether oxygens (including phenoxy) is 3. The Kier molecular flexibility index (Phi) is 7.32. The van der Waals surface area contributed by atoms with Crippen molar-refractivity contribution in [2.45, 2.75) is 26.7 Å². The smallest absolute Gasteiger partial charge is 0.188 e. The van der Waals surface area contributed by atoms with Crippen LogP contribution >= 0.6 is 0 Å². The second kappa shape index (κ2) is 9.07. The Labute approximate surface area is 119 Å². The first kappa shape index (κ1) is 16.1. The van der Waals surface area contributed by atoms with E-state index in [4.69, 9.17) is 19.7 Å². The fourth-order valence-electron chi connectivity index (χ4n) is 1.67. The van der Waals surface area contributed by atoms with Crippen molar-refractivity contribution in [3.05, 3.63) is 33.7 Å². The van der Waals surface area contributed by atoms with Crippen molar-refractivity contribution in [3.63, 3.8) is 0 Å². The zero-order valence-electron chi connectivity index (χ0n) is 12.3. The van der Waals surface area contributed by atoms with Gasteiger partial charge in [0.1, 0.15) is 11.5 Å². The number of hydrogen-bond acceptors (Lipinski definition) is 4. The molecule has 0 heterocycles. The SMILES string of the molecule is COCOc1cc(OCCCCN=[N+]=[N-])cc(C)c1C. The molecule has 0 aromatic heterocycles. The van der Waals surface area contributed by atoms with E-state index in [0.717, 1.165) is 35.5 Å². The maximum Gasteiger partial charge on any atom is 0.188 e. The lowest BCUT2D eigenvalue weighted by Gasteiger charge is -2.13. The molecular formula is C14H21N3O3. The molecule has 1 aromatic rings. The minimum Gasteiger partial charge on any atom is -0.493 e. The lowest BCUT2D eigenvalue weighted by Crippen LogP contribution is -2.03. The van der Waals surface area contributed by atoms with Crippen LogP contribution in [0.25, 0.3) is 10.4 Å². The predicted molar refractivity (Wildman–Crippen MR) is 77.2 cm³/mol. The molecule has 1 rings (SSSR count). The quantitative estimate of drug-likeness (QED) is 0.227. The van der Waals surface area contributed by atoms with Crippen molar-refractivity contribution >= 4 is 0 Å². The van der Waals surface area contributed by atoms with E-state index in [1.807, 2.05) is 26.0 Å². The minimum absolute atomic E-state index is 0.218. The van der Waals surface area contributed by atoms with E-state index in [2.05, 4.69) is 10.0 Å². The fourth-order valence-corrected chi connectivity index (χ4v) is 1.67. The topological polar surface area (TPSA) is 76.5 Å². The van der Waals surface area contributed by atoms with Crippen LogP contribution in [-0.4, -0.2) is 27.1 Å². The Morgan fingerprint density at radius 2 is 2.00 bits per heavy atom. The Hall–Kier alpha value is -1.91. The molecule has 0 aliphatic heterocycles. The average Bonchev–Trinajstić information content (AvgIpc) is 2.44. The summed E-state index contributed by atoms with van der Waals surface area (Å²) in [5.74, 6) is 1.55. The van der Waals surface area contributed by atoms with Gasteiger partial charge in [-0.15, -0.1) is 0 Å². The van der Waals surface area contributed by atoms with Gasteiger partial charge in [-0.25, -0.2) is 0 Å². The molecular weight excluding hydrogens is 258 g/mol. The fraction of sp³-hybridized carbons (Fsp3) is 0.571. The highest BCUT2D eigenvalue weighted by Crippen LogP contribution is 2.28. The van der Waals surface area contributed by atoms with E-state index >= 15 is 0 Å². The van der Waals surface area contributed by atoms with Gasteiger partial charge in [0.2, 0.25) is 0 Å². The van der Waals surface area contributed by atoms with Gasteiger partial charge in [-0.2, -0.15) is 0 Å². The Morgan fingerprint density at radius 1 is 1.20 bits per heavy atom. The van der Waals surface area contributed by atoms with Crippen molar-refractivity contribution < 1.29 is 14.2 Å². The second-order valence-corrected chi connectivity index (χ2v) is 4.42. The normalized spacial score (nSPS) is 9.95. The molecule has 0 aliphatic rings. The van der Waals surface area contributed by atoms with Crippen LogP contribution in [-0.2, 0) is 4.74 Å². The third-order valence-electron chi connectivity index (χ3n) is 2.91. The molecule has 0 saturated heterocycles. The number of methoxy groups -OCH3 is 1. The molecule has 6 heteroatoms. The van der Waals surface area contributed by atoms with E-state index in [0.29, 0.717) is 13.2 Å². The van der Waals surface area contributed by atoms with Gasteiger partial charge >= 0.3 is 0 Å². The summed E-state index contributed by atoms with van der Waals surface area (Å²) >= 11 is 0. The first-order valence-corrected chi connectivity index (χ1v) is 6.55. The van der Waals surface area contributed by atoms with Crippen LogP contribution in [0.5, 0.6) is 11.5 Å².